The summed E-state index contributed by atoms with van der Waals surface area (Å²) >= 11 is 0. The molecule has 0 bridgehead atoms. The summed E-state index contributed by atoms with van der Waals surface area (Å²) in [5, 5.41) is 0. The SMILES string of the molecule is [2H]C([2H])([2H])c1ccc(-c2c(C)cccc2C)[n+](C)c1C. The fraction of sp³-hybridized carbons (Fsp3) is 0.312. The van der Waals surface area contributed by atoms with Gasteiger partial charge in [-0.25, -0.2) is 0 Å². The lowest BCUT2D eigenvalue weighted by Crippen LogP contribution is -2.35. The molecule has 0 atom stereocenters. The minimum absolute atomic E-state index is 0.412. The normalized spacial score (nSPS) is 14.0. The fourth-order valence-electron chi connectivity index (χ4n) is 2.23. The monoisotopic (exact) mass is 229 g/mol. The Balaban J connectivity index is 2.70. The molecule has 0 radical (unpaired) electrons. The molecule has 1 nitrogen and oxygen atoms in total. The van der Waals surface area contributed by atoms with Crippen molar-refractivity contribution in [3.63, 3.8) is 0 Å². The maximum absolute atomic E-state index is 7.59. The van der Waals surface area contributed by atoms with Gasteiger partial charge in [0.25, 0.3) is 0 Å². The molecule has 0 amide bonds. The molecule has 0 N–H and O–H groups in total. The molecule has 88 valence electrons. The van der Waals surface area contributed by atoms with E-state index in [2.05, 4.69) is 26.0 Å². The first-order valence-corrected chi connectivity index (χ1v) is 5.80. The Morgan fingerprint density at radius 2 is 1.59 bits per heavy atom. The molecule has 0 saturated heterocycles. The van der Waals surface area contributed by atoms with Gasteiger partial charge < -0.3 is 0 Å². The molecule has 2 aromatic rings. The van der Waals surface area contributed by atoms with Gasteiger partial charge in [-0.3, -0.25) is 0 Å². The zero-order valence-corrected chi connectivity index (χ0v) is 10.8. The summed E-state index contributed by atoms with van der Waals surface area (Å²) in [4.78, 5) is 0. The van der Waals surface area contributed by atoms with Gasteiger partial charge in [0.1, 0.15) is 7.05 Å². The van der Waals surface area contributed by atoms with Crippen molar-refractivity contribution in [1.29, 1.82) is 0 Å². The quantitative estimate of drug-likeness (QED) is 0.660. The van der Waals surface area contributed by atoms with Crippen LogP contribution in [0, 0.1) is 27.6 Å². The first-order chi connectivity index (χ1) is 9.23. The van der Waals surface area contributed by atoms with Gasteiger partial charge in [-0.15, -0.1) is 0 Å². The molecule has 0 unspecified atom stereocenters. The lowest BCUT2D eigenvalue weighted by molar-refractivity contribution is -0.667. The number of nitrogens with zero attached hydrogens (tertiary/aromatic N) is 1. The number of rotatable bonds is 1. The highest BCUT2D eigenvalue weighted by atomic mass is 14.9. The molecule has 2 rings (SSSR count). The maximum atomic E-state index is 7.59. The zero-order chi connectivity index (χ0) is 15.1. The third-order valence-corrected chi connectivity index (χ3v) is 3.40. The van der Waals surface area contributed by atoms with Crippen LogP contribution in [0.15, 0.2) is 30.3 Å². The predicted molar refractivity (Wildman–Crippen MR) is 72.0 cm³/mol. The fourth-order valence-corrected chi connectivity index (χ4v) is 2.23. The van der Waals surface area contributed by atoms with Crippen molar-refractivity contribution < 1.29 is 8.68 Å². The van der Waals surface area contributed by atoms with Crippen molar-refractivity contribution in [1.82, 2.24) is 0 Å². The van der Waals surface area contributed by atoms with Crippen LogP contribution in [0.2, 0.25) is 0 Å². The van der Waals surface area contributed by atoms with Crippen LogP contribution >= 0.6 is 0 Å². The molecule has 0 spiro atoms. The summed E-state index contributed by atoms with van der Waals surface area (Å²) in [6.07, 6.45) is 0. The Morgan fingerprint density at radius 1 is 0.941 bits per heavy atom. The van der Waals surface area contributed by atoms with Crippen LogP contribution in [-0.4, -0.2) is 0 Å². The summed E-state index contributed by atoms with van der Waals surface area (Å²) in [5.41, 5.74) is 5.81. The third-order valence-electron chi connectivity index (χ3n) is 3.40. The van der Waals surface area contributed by atoms with Gasteiger partial charge in [-0.2, -0.15) is 4.57 Å². The van der Waals surface area contributed by atoms with E-state index in [9.17, 15) is 0 Å². The first-order valence-electron chi connectivity index (χ1n) is 7.30. The van der Waals surface area contributed by atoms with E-state index < -0.39 is 6.85 Å². The highest BCUT2D eigenvalue weighted by molar-refractivity contribution is 5.65. The molecular formula is C16H20N+. The van der Waals surface area contributed by atoms with Crippen LogP contribution in [0.25, 0.3) is 11.3 Å². The van der Waals surface area contributed by atoms with E-state index in [0.717, 1.165) is 11.4 Å². The van der Waals surface area contributed by atoms with Crippen LogP contribution in [0.5, 0.6) is 0 Å². The van der Waals surface area contributed by atoms with Gasteiger partial charge >= 0.3 is 0 Å². The van der Waals surface area contributed by atoms with Crippen molar-refractivity contribution in [2.24, 2.45) is 7.05 Å². The molecule has 0 aliphatic heterocycles. The van der Waals surface area contributed by atoms with Crippen LogP contribution in [0.1, 0.15) is 26.5 Å². The molecule has 0 saturated carbocycles. The number of pyridine rings is 1. The third kappa shape index (κ3) is 1.97. The molecule has 1 aromatic carbocycles. The van der Waals surface area contributed by atoms with Gasteiger partial charge in [0.15, 0.2) is 5.69 Å². The van der Waals surface area contributed by atoms with Crippen LogP contribution in [-0.2, 0) is 7.05 Å². The number of aryl methyl sites for hydroxylation is 3. The molecule has 0 fully saturated rings. The van der Waals surface area contributed by atoms with Crippen LogP contribution < -0.4 is 4.57 Å². The van der Waals surface area contributed by atoms with Crippen LogP contribution in [0.3, 0.4) is 0 Å². The molecule has 0 aliphatic rings. The molecule has 17 heavy (non-hydrogen) atoms. The maximum Gasteiger partial charge on any atom is 0.213 e. The van der Waals surface area contributed by atoms with E-state index in [1.165, 1.54) is 16.7 Å². The van der Waals surface area contributed by atoms with E-state index in [4.69, 9.17) is 4.11 Å². The largest absolute Gasteiger partial charge is 0.213 e. The van der Waals surface area contributed by atoms with Gasteiger partial charge in [-0.1, -0.05) is 18.2 Å². The summed E-state index contributed by atoms with van der Waals surface area (Å²) in [5.74, 6) is 0. The average molecular weight is 229 g/mol. The minimum Gasteiger partial charge on any atom is -0.198 e. The number of hydrogen-bond donors (Lipinski definition) is 0. The second-order valence-electron chi connectivity index (χ2n) is 4.54. The van der Waals surface area contributed by atoms with Crippen molar-refractivity contribution >= 4 is 0 Å². The Hall–Kier alpha value is -1.63. The highest BCUT2D eigenvalue weighted by Gasteiger charge is 2.17. The van der Waals surface area contributed by atoms with Gasteiger partial charge in [-0.05, 0) is 37.9 Å². The second kappa shape index (κ2) is 4.33. The zero-order valence-electron chi connectivity index (χ0n) is 13.8. The van der Waals surface area contributed by atoms with Gasteiger partial charge in [0.05, 0.1) is 5.56 Å². The number of hydrogen-bond acceptors (Lipinski definition) is 0. The van der Waals surface area contributed by atoms with E-state index in [1.807, 2.05) is 30.7 Å². The van der Waals surface area contributed by atoms with E-state index in [0.29, 0.717) is 5.56 Å². The smallest absolute Gasteiger partial charge is 0.198 e. The summed E-state index contributed by atoms with van der Waals surface area (Å²) < 4.78 is 24.7. The Bertz CT molecular complexity index is 637. The molecular weight excluding hydrogens is 206 g/mol. The van der Waals surface area contributed by atoms with Crippen molar-refractivity contribution in [3.8, 4) is 11.3 Å². The highest BCUT2D eigenvalue weighted by Crippen LogP contribution is 2.24. The summed E-state index contributed by atoms with van der Waals surface area (Å²) in [7, 11) is 1.92. The topological polar surface area (TPSA) is 3.88 Å². The standard InChI is InChI=1S/C16H20N/c1-11-9-10-15(17(5)14(11)4)16-12(2)7-6-8-13(16)3/h6-10H,1-5H3/q+1/i1D3. The van der Waals surface area contributed by atoms with Gasteiger partial charge in [0.2, 0.25) is 5.69 Å². The van der Waals surface area contributed by atoms with E-state index in [-0.39, 0.29) is 0 Å². The molecule has 0 aliphatic carbocycles. The van der Waals surface area contributed by atoms with Crippen molar-refractivity contribution in [2.45, 2.75) is 27.6 Å². The lowest BCUT2D eigenvalue weighted by atomic mass is 9.98. The minimum atomic E-state index is -2.07. The number of aromatic nitrogens is 1. The average Bonchev–Trinajstić information content (AvgIpc) is 2.32. The molecule has 1 heterocycles. The van der Waals surface area contributed by atoms with Crippen molar-refractivity contribution in [2.75, 3.05) is 0 Å². The lowest BCUT2D eigenvalue weighted by Gasteiger charge is -2.10. The molecule has 1 aromatic heterocycles. The Labute approximate surface area is 108 Å². The van der Waals surface area contributed by atoms with Crippen LogP contribution in [0.4, 0.5) is 0 Å². The molecule has 1 heteroatoms. The Morgan fingerprint density at radius 3 is 2.18 bits per heavy atom. The van der Waals surface area contributed by atoms with Gasteiger partial charge in [0, 0.05) is 22.7 Å². The Kier molecular flexibility index (Phi) is 2.15. The summed E-state index contributed by atoms with van der Waals surface area (Å²) in [6, 6.07) is 9.83. The predicted octanol–water partition coefficient (Wildman–Crippen LogP) is 3.41. The first kappa shape index (κ1) is 8.46. The summed E-state index contributed by atoms with van der Waals surface area (Å²) in [6.45, 7) is 3.95. The van der Waals surface area contributed by atoms with Crippen molar-refractivity contribution in [3.05, 3.63) is 52.7 Å². The van der Waals surface area contributed by atoms with E-state index in [1.54, 1.807) is 6.07 Å². The van der Waals surface area contributed by atoms with E-state index >= 15 is 0 Å². The number of benzene rings is 1. The second-order valence-corrected chi connectivity index (χ2v) is 4.54.